The highest BCUT2D eigenvalue weighted by atomic mass is 32.2. The van der Waals surface area contributed by atoms with Crippen LogP contribution in [-0.4, -0.2) is 42.7 Å². The highest BCUT2D eigenvalue weighted by Crippen LogP contribution is 2.16. The molecule has 98 valence electrons. The Morgan fingerprint density at radius 1 is 1.22 bits per heavy atom. The van der Waals surface area contributed by atoms with Crippen LogP contribution in [0.5, 0.6) is 0 Å². The highest BCUT2D eigenvalue weighted by Gasteiger charge is 2.11. The van der Waals surface area contributed by atoms with Gasteiger partial charge in [0.05, 0.1) is 5.75 Å². The minimum atomic E-state index is 0.128. The van der Waals surface area contributed by atoms with Crippen LogP contribution in [0, 0.1) is 0 Å². The normalized spacial score (nSPS) is 15.8. The number of amides is 1. The lowest BCUT2D eigenvalue weighted by Gasteiger charge is -2.14. The monoisotopic (exact) mass is 264 g/mol. The molecule has 1 heterocycles. The van der Waals surface area contributed by atoms with Crippen molar-refractivity contribution >= 4 is 17.7 Å². The lowest BCUT2D eigenvalue weighted by atomic mass is 10.4. The summed E-state index contributed by atoms with van der Waals surface area (Å²) in [6, 6.07) is 10.0. The number of nitrogens with zero attached hydrogens (tertiary/aromatic N) is 1. The van der Waals surface area contributed by atoms with Crippen LogP contribution in [0.3, 0.4) is 0 Å². The van der Waals surface area contributed by atoms with Crippen LogP contribution in [0.15, 0.2) is 35.2 Å². The molecular weight excluding hydrogens is 244 g/mol. The molecule has 3 nitrogen and oxygen atoms in total. The molecule has 1 aliphatic heterocycles. The average molecular weight is 264 g/mol. The number of rotatable bonds is 6. The topological polar surface area (TPSA) is 32.3 Å². The maximum atomic E-state index is 11.6. The largest absolute Gasteiger partial charge is 0.354 e. The van der Waals surface area contributed by atoms with Crippen LogP contribution < -0.4 is 5.32 Å². The average Bonchev–Trinajstić information content (AvgIpc) is 2.91. The SMILES string of the molecule is O=C(CSc1ccccc1)NCCN1CCCC1. The quantitative estimate of drug-likeness (QED) is 0.798. The van der Waals surface area contributed by atoms with Crippen LogP contribution in [0.2, 0.25) is 0 Å². The molecule has 1 aromatic carbocycles. The molecule has 0 atom stereocenters. The Morgan fingerprint density at radius 3 is 2.67 bits per heavy atom. The van der Waals surface area contributed by atoms with Crippen molar-refractivity contribution in [2.75, 3.05) is 31.9 Å². The third-order valence-electron chi connectivity index (χ3n) is 3.06. The number of hydrogen-bond acceptors (Lipinski definition) is 3. The number of carbonyl (C=O) groups excluding carboxylic acids is 1. The zero-order chi connectivity index (χ0) is 12.6. The second-order valence-corrected chi connectivity index (χ2v) is 5.55. The molecule has 1 fully saturated rings. The first-order chi connectivity index (χ1) is 8.84. The van der Waals surface area contributed by atoms with Crippen LogP contribution in [-0.2, 0) is 4.79 Å². The number of hydrogen-bond donors (Lipinski definition) is 1. The predicted molar refractivity (Wildman–Crippen MR) is 75.8 cm³/mol. The van der Waals surface area contributed by atoms with Gasteiger partial charge in [-0.15, -0.1) is 11.8 Å². The summed E-state index contributed by atoms with van der Waals surface area (Å²) in [5.74, 6) is 0.632. The van der Waals surface area contributed by atoms with E-state index in [0.717, 1.165) is 18.0 Å². The van der Waals surface area contributed by atoms with Crippen molar-refractivity contribution in [2.45, 2.75) is 17.7 Å². The van der Waals surface area contributed by atoms with Gasteiger partial charge in [-0.1, -0.05) is 18.2 Å². The summed E-state index contributed by atoms with van der Waals surface area (Å²) in [4.78, 5) is 15.2. The highest BCUT2D eigenvalue weighted by molar-refractivity contribution is 8.00. The Morgan fingerprint density at radius 2 is 1.94 bits per heavy atom. The van der Waals surface area contributed by atoms with E-state index in [9.17, 15) is 4.79 Å². The van der Waals surface area contributed by atoms with E-state index >= 15 is 0 Å². The molecule has 0 bridgehead atoms. The molecule has 2 rings (SSSR count). The van der Waals surface area contributed by atoms with Crippen molar-refractivity contribution in [1.29, 1.82) is 0 Å². The van der Waals surface area contributed by atoms with E-state index in [4.69, 9.17) is 0 Å². The first kappa shape index (κ1) is 13.4. The van der Waals surface area contributed by atoms with E-state index < -0.39 is 0 Å². The van der Waals surface area contributed by atoms with E-state index in [-0.39, 0.29) is 5.91 Å². The van der Waals surface area contributed by atoms with E-state index in [1.54, 1.807) is 11.8 Å². The van der Waals surface area contributed by atoms with Gasteiger partial charge in [0.2, 0.25) is 5.91 Å². The Hall–Kier alpha value is -1.00. The van der Waals surface area contributed by atoms with Crippen molar-refractivity contribution in [3.63, 3.8) is 0 Å². The Balaban J connectivity index is 1.57. The molecular formula is C14H20N2OS. The second-order valence-electron chi connectivity index (χ2n) is 4.50. The Bertz CT molecular complexity index is 363. The Kier molecular flexibility index (Phi) is 5.55. The predicted octanol–water partition coefficient (Wildman–Crippen LogP) is 1.99. The molecule has 0 unspecified atom stereocenters. The molecule has 4 heteroatoms. The number of thioether (sulfide) groups is 1. The van der Waals surface area contributed by atoms with Crippen molar-refractivity contribution in [1.82, 2.24) is 10.2 Å². The summed E-state index contributed by atoms with van der Waals surface area (Å²) in [7, 11) is 0. The smallest absolute Gasteiger partial charge is 0.230 e. The zero-order valence-corrected chi connectivity index (χ0v) is 11.4. The molecule has 0 aliphatic carbocycles. The number of benzene rings is 1. The van der Waals surface area contributed by atoms with Gasteiger partial charge in [-0.2, -0.15) is 0 Å². The van der Waals surface area contributed by atoms with Gasteiger partial charge in [0.15, 0.2) is 0 Å². The lowest BCUT2D eigenvalue weighted by Crippen LogP contribution is -2.34. The first-order valence-electron chi connectivity index (χ1n) is 6.51. The summed E-state index contributed by atoms with van der Waals surface area (Å²) >= 11 is 1.59. The Labute approximate surface area is 113 Å². The van der Waals surface area contributed by atoms with E-state index in [1.165, 1.54) is 25.9 Å². The van der Waals surface area contributed by atoms with Gasteiger partial charge in [-0.3, -0.25) is 4.79 Å². The number of nitrogens with one attached hydrogen (secondary N) is 1. The summed E-state index contributed by atoms with van der Waals surface area (Å²) in [6.07, 6.45) is 2.61. The fourth-order valence-electron chi connectivity index (χ4n) is 2.08. The first-order valence-corrected chi connectivity index (χ1v) is 7.50. The minimum absolute atomic E-state index is 0.128. The van der Waals surface area contributed by atoms with E-state index in [2.05, 4.69) is 10.2 Å². The second kappa shape index (κ2) is 7.44. The standard InChI is InChI=1S/C14H20N2OS/c17-14(12-18-13-6-2-1-3-7-13)15-8-11-16-9-4-5-10-16/h1-3,6-7H,4-5,8-12H2,(H,15,17). The maximum Gasteiger partial charge on any atom is 0.230 e. The lowest BCUT2D eigenvalue weighted by molar-refractivity contribution is -0.118. The van der Waals surface area contributed by atoms with Crippen LogP contribution in [0.4, 0.5) is 0 Å². The van der Waals surface area contributed by atoms with Crippen LogP contribution in [0.25, 0.3) is 0 Å². The molecule has 18 heavy (non-hydrogen) atoms. The zero-order valence-electron chi connectivity index (χ0n) is 10.6. The van der Waals surface area contributed by atoms with Crippen LogP contribution >= 0.6 is 11.8 Å². The van der Waals surface area contributed by atoms with Crippen molar-refractivity contribution in [2.24, 2.45) is 0 Å². The summed E-state index contributed by atoms with van der Waals surface area (Å²) in [5, 5.41) is 2.98. The molecule has 0 aromatic heterocycles. The molecule has 0 radical (unpaired) electrons. The van der Waals surface area contributed by atoms with Crippen LogP contribution in [0.1, 0.15) is 12.8 Å². The maximum absolute atomic E-state index is 11.6. The third kappa shape index (κ3) is 4.70. The molecule has 1 aromatic rings. The molecule has 0 saturated carbocycles. The molecule has 1 N–H and O–H groups in total. The molecule has 1 aliphatic rings. The van der Waals surface area contributed by atoms with E-state index in [0.29, 0.717) is 5.75 Å². The fourth-order valence-corrected chi connectivity index (χ4v) is 2.83. The van der Waals surface area contributed by atoms with Gasteiger partial charge in [-0.25, -0.2) is 0 Å². The van der Waals surface area contributed by atoms with Gasteiger partial charge < -0.3 is 10.2 Å². The summed E-state index contributed by atoms with van der Waals surface area (Å²) in [5.41, 5.74) is 0. The van der Waals surface area contributed by atoms with Gasteiger partial charge in [0.25, 0.3) is 0 Å². The third-order valence-corrected chi connectivity index (χ3v) is 4.07. The molecule has 1 saturated heterocycles. The summed E-state index contributed by atoms with van der Waals surface area (Å²) < 4.78 is 0. The number of likely N-dealkylation sites (tertiary alicyclic amines) is 1. The van der Waals surface area contributed by atoms with Gasteiger partial charge in [0.1, 0.15) is 0 Å². The van der Waals surface area contributed by atoms with Crippen molar-refractivity contribution < 1.29 is 4.79 Å². The van der Waals surface area contributed by atoms with Gasteiger partial charge >= 0.3 is 0 Å². The van der Waals surface area contributed by atoms with E-state index in [1.807, 2.05) is 30.3 Å². The van der Waals surface area contributed by atoms with Crippen molar-refractivity contribution in [3.8, 4) is 0 Å². The van der Waals surface area contributed by atoms with Crippen molar-refractivity contribution in [3.05, 3.63) is 30.3 Å². The van der Waals surface area contributed by atoms with Gasteiger partial charge in [-0.05, 0) is 38.1 Å². The number of carbonyl (C=O) groups is 1. The van der Waals surface area contributed by atoms with Gasteiger partial charge in [0, 0.05) is 18.0 Å². The summed E-state index contributed by atoms with van der Waals surface area (Å²) in [6.45, 7) is 4.14. The molecule has 1 amide bonds. The molecule has 0 spiro atoms. The fraction of sp³-hybridized carbons (Fsp3) is 0.500. The minimum Gasteiger partial charge on any atom is -0.354 e.